The molecule has 0 aromatic carbocycles. The minimum absolute atomic E-state index is 0.122. The summed E-state index contributed by atoms with van der Waals surface area (Å²) in [6.45, 7) is 17.7. The molecular formula is C18H34O4. The number of aliphatic carboxylic acids is 1. The highest BCUT2D eigenvalue weighted by molar-refractivity contribution is 5.84. The number of rotatable bonds is 6. The average Bonchev–Trinajstić information content (AvgIpc) is 2.29. The van der Waals surface area contributed by atoms with E-state index in [9.17, 15) is 14.7 Å². The lowest BCUT2D eigenvalue weighted by Gasteiger charge is -2.39. The van der Waals surface area contributed by atoms with E-state index in [1.807, 2.05) is 55.4 Å². The zero-order chi connectivity index (χ0) is 17.9. The summed E-state index contributed by atoms with van der Waals surface area (Å²) in [5.74, 6) is -2.23. The monoisotopic (exact) mass is 314 g/mol. The molecule has 0 aliphatic carbocycles. The summed E-state index contributed by atoms with van der Waals surface area (Å²) in [6, 6.07) is 0. The van der Waals surface area contributed by atoms with Crippen molar-refractivity contribution >= 4 is 11.9 Å². The Bertz CT molecular complexity index is 398. The van der Waals surface area contributed by atoms with Crippen LogP contribution in [0.5, 0.6) is 0 Å². The second kappa shape index (κ2) is 7.01. The summed E-state index contributed by atoms with van der Waals surface area (Å²) in [5.41, 5.74) is -1.36. The molecule has 0 radical (unpaired) electrons. The van der Waals surface area contributed by atoms with Gasteiger partial charge in [-0.15, -0.1) is 0 Å². The van der Waals surface area contributed by atoms with Crippen LogP contribution in [0.2, 0.25) is 0 Å². The second-order valence-corrected chi connectivity index (χ2v) is 9.23. The van der Waals surface area contributed by atoms with Gasteiger partial charge in [-0.1, -0.05) is 55.4 Å². The minimum Gasteiger partial charge on any atom is -0.481 e. The molecule has 0 aromatic rings. The average molecular weight is 314 g/mol. The van der Waals surface area contributed by atoms with Crippen molar-refractivity contribution < 1.29 is 19.4 Å². The Hall–Kier alpha value is -1.06. The zero-order valence-corrected chi connectivity index (χ0v) is 15.7. The van der Waals surface area contributed by atoms with Crippen LogP contribution in [0.25, 0.3) is 0 Å². The fraction of sp³-hybridized carbons (Fsp3) is 0.889. The first-order valence-electron chi connectivity index (χ1n) is 8.01. The second-order valence-electron chi connectivity index (χ2n) is 9.23. The first-order chi connectivity index (χ1) is 9.61. The van der Waals surface area contributed by atoms with Gasteiger partial charge in [-0.2, -0.15) is 0 Å². The Labute approximate surface area is 135 Å². The maximum absolute atomic E-state index is 12.7. The summed E-state index contributed by atoms with van der Waals surface area (Å²) >= 11 is 0. The topological polar surface area (TPSA) is 63.6 Å². The van der Waals surface area contributed by atoms with Crippen LogP contribution >= 0.6 is 0 Å². The Morgan fingerprint density at radius 2 is 1.41 bits per heavy atom. The van der Waals surface area contributed by atoms with E-state index >= 15 is 0 Å². The van der Waals surface area contributed by atoms with Crippen molar-refractivity contribution in [1.82, 2.24) is 0 Å². The molecule has 2 atom stereocenters. The Kier molecular flexibility index (Phi) is 6.67. The Balaban J connectivity index is 5.52. The van der Waals surface area contributed by atoms with E-state index in [0.29, 0.717) is 6.42 Å². The predicted octanol–water partition coefficient (Wildman–Crippen LogP) is 4.38. The van der Waals surface area contributed by atoms with Gasteiger partial charge < -0.3 is 9.84 Å². The van der Waals surface area contributed by atoms with Crippen LogP contribution in [0.1, 0.15) is 68.7 Å². The molecule has 4 heteroatoms. The number of carboxylic acids is 1. The van der Waals surface area contributed by atoms with Crippen LogP contribution in [0, 0.1) is 28.1 Å². The van der Waals surface area contributed by atoms with E-state index in [2.05, 4.69) is 0 Å². The molecule has 0 rings (SSSR count). The smallest absolute Gasteiger partial charge is 0.312 e. The summed E-state index contributed by atoms with van der Waals surface area (Å²) in [5, 5.41) is 9.69. The van der Waals surface area contributed by atoms with E-state index < -0.39 is 23.3 Å². The molecule has 0 spiro atoms. The third-order valence-corrected chi connectivity index (χ3v) is 4.11. The van der Waals surface area contributed by atoms with Crippen LogP contribution in [-0.2, 0) is 14.3 Å². The molecule has 0 heterocycles. The predicted molar refractivity (Wildman–Crippen MR) is 88.6 cm³/mol. The number of carbonyl (C=O) groups excluding carboxylic acids is 1. The third-order valence-electron chi connectivity index (χ3n) is 4.11. The lowest BCUT2D eigenvalue weighted by Crippen LogP contribution is -2.47. The van der Waals surface area contributed by atoms with Crippen molar-refractivity contribution in [3.8, 4) is 0 Å². The number of carboxylic acid groups (broad SMARTS) is 1. The molecule has 1 N–H and O–H groups in total. The number of hydrogen-bond acceptors (Lipinski definition) is 3. The number of carbonyl (C=O) groups is 2. The van der Waals surface area contributed by atoms with Crippen molar-refractivity contribution in [2.45, 2.75) is 68.7 Å². The van der Waals surface area contributed by atoms with Gasteiger partial charge in [0.2, 0.25) is 0 Å². The first-order valence-corrected chi connectivity index (χ1v) is 8.01. The van der Waals surface area contributed by atoms with Crippen LogP contribution in [0.3, 0.4) is 0 Å². The van der Waals surface area contributed by atoms with Crippen LogP contribution in [-0.4, -0.2) is 23.7 Å². The standard InChI is InChI=1S/C18H34O4/c1-12(2)18(9,15(21)22-11-17(6,7)8)13(14(19)20)10-16(3,4)5/h12-13H,10-11H2,1-9H3,(H,19,20). The van der Waals surface area contributed by atoms with Crippen molar-refractivity contribution in [3.05, 3.63) is 0 Å². The van der Waals surface area contributed by atoms with Gasteiger partial charge in [-0.25, -0.2) is 0 Å². The Morgan fingerprint density at radius 3 is 1.68 bits per heavy atom. The highest BCUT2D eigenvalue weighted by atomic mass is 16.5. The van der Waals surface area contributed by atoms with Gasteiger partial charge >= 0.3 is 11.9 Å². The van der Waals surface area contributed by atoms with E-state index in [1.165, 1.54) is 0 Å². The quantitative estimate of drug-likeness (QED) is 0.739. The zero-order valence-electron chi connectivity index (χ0n) is 15.7. The third kappa shape index (κ3) is 5.98. The summed E-state index contributed by atoms with van der Waals surface area (Å²) in [7, 11) is 0. The van der Waals surface area contributed by atoms with Gasteiger partial charge in [0.05, 0.1) is 17.9 Å². The minimum atomic E-state index is -1.04. The maximum Gasteiger partial charge on any atom is 0.312 e. The normalized spacial score (nSPS) is 17.0. The number of hydrogen-bond donors (Lipinski definition) is 1. The molecule has 4 nitrogen and oxygen atoms in total. The van der Waals surface area contributed by atoms with Gasteiger partial charge in [0.25, 0.3) is 0 Å². The van der Waals surface area contributed by atoms with Gasteiger partial charge in [0.1, 0.15) is 0 Å². The van der Waals surface area contributed by atoms with Gasteiger partial charge in [0, 0.05) is 0 Å². The van der Waals surface area contributed by atoms with E-state index in [4.69, 9.17) is 4.74 Å². The lowest BCUT2D eigenvalue weighted by atomic mass is 9.64. The Morgan fingerprint density at radius 1 is 0.955 bits per heavy atom. The highest BCUT2D eigenvalue weighted by Gasteiger charge is 2.50. The fourth-order valence-corrected chi connectivity index (χ4v) is 2.39. The molecule has 0 aliphatic rings. The van der Waals surface area contributed by atoms with Gasteiger partial charge in [0.15, 0.2) is 0 Å². The van der Waals surface area contributed by atoms with Crippen molar-refractivity contribution in [2.24, 2.45) is 28.1 Å². The molecule has 0 bridgehead atoms. The van der Waals surface area contributed by atoms with Crippen molar-refractivity contribution in [1.29, 1.82) is 0 Å². The molecule has 0 aliphatic heterocycles. The molecule has 2 unspecified atom stereocenters. The molecule has 0 fully saturated rings. The molecule has 0 saturated carbocycles. The van der Waals surface area contributed by atoms with Gasteiger partial charge in [-0.05, 0) is 30.1 Å². The van der Waals surface area contributed by atoms with Gasteiger partial charge in [-0.3, -0.25) is 9.59 Å². The molecule has 130 valence electrons. The molecule has 0 amide bonds. The molecule has 0 saturated heterocycles. The summed E-state index contributed by atoms with van der Waals surface area (Å²) < 4.78 is 5.48. The van der Waals surface area contributed by atoms with E-state index in [0.717, 1.165) is 0 Å². The highest BCUT2D eigenvalue weighted by Crippen LogP contribution is 2.43. The first kappa shape index (κ1) is 20.9. The summed E-state index contributed by atoms with van der Waals surface area (Å²) in [4.78, 5) is 24.5. The van der Waals surface area contributed by atoms with Crippen LogP contribution in [0.15, 0.2) is 0 Å². The van der Waals surface area contributed by atoms with Crippen LogP contribution in [0.4, 0.5) is 0 Å². The van der Waals surface area contributed by atoms with Crippen molar-refractivity contribution in [3.63, 3.8) is 0 Å². The number of ether oxygens (including phenoxy) is 1. The molecule has 22 heavy (non-hydrogen) atoms. The lowest BCUT2D eigenvalue weighted by molar-refractivity contribution is -0.173. The fourth-order valence-electron chi connectivity index (χ4n) is 2.39. The largest absolute Gasteiger partial charge is 0.481 e. The van der Waals surface area contributed by atoms with Crippen molar-refractivity contribution in [2.75, 3.05) is 6.61 Å². The van der Waals surface area contributed by atoms with E-state index in [1.54, 1.807) is 6.92 Å². The summed E-state index contributed by atoms with van der Waals surface area (Å²) in [6.07, 6.45) is 0.432. The number of esters is 1. The maximum atomic E-state index is 12.7. The SMILES string of the molecule is CC(C)C(C)(C(=O)OCC(C)(C)C)C(CC(C)(C)C)C(=O)O. The molecule has 0 aromatic heterocycles. The molecular weight excluding hydrogens is 280 g/mol. The van der Waals surface area contributed by atoms with Crippen LogP contribution < -0.4 is 0 Å². The van der Waals surface area contributed by atoms with E-state index in [-0.39, 0.29) is 23.4 Å².